The van der Waals surface area contributed by atoms with Gasteiger partial charge in [-0.3, -0.25) is 0 Å². The first-order chi connectivity index (χ1) is 13.8. The van der Waals surface area contributed by atoms with E-state index in [1.807, 2.05) is 6.07 Å². The number of benzene rings is 1. The summed E-state index contributed by atoms with van der Waals surface area (Å²) in [5, 5.41) is 0. The highest BCUT2D eigenvalue weighted by atomic mass is 19.4. The van der Waals surface area contributed by atoms with Crippen LogP contribution in [0.3, 0.4) is 0 Å². The van der Waals surface area contributed by atoms with Crippen LogP contribution in [0.1, 0.15) is 43.7 Å². The zero-order valence-corrected chi connectivity index (χ0v) is 17.9. The van der Waals surface area contributed by atoms with Crippen molar-refractivity contribution in [2.24, 2.45) is 5.92 Å². The number of alkyl halides is 3. The summed E-state index contributed by atoms with van der Waals surface area (Å²) >= 11 is 0. The van der Waals surface area contributed by atoms with E-state index in [1.54, 1.807) is 0 Å². The van der Waals surface area contributed by atoms with Crippen LogP contribution in [-0.4, -0.2) is 73.6 Å². The maximum atomic E-state index is 12.9. The second-order valence-corrected chi connectivity index (χ2v) is 8.86. The highest BCUT2D eigenvalue weighted by Crippen LogP contribution is 2.29. The maximum Gasteiger partial charge on any atom is 0.416 e. The average Bonchev–Trinajstić information content (AvgIpc) is 2.72. The average molecular weight is 412 g/mol. The van der Waals surface area contributed by atoms with Gasteiger partial charge in [0.15, 0.2) is 0 Å². The fraction of sp³-hybridized carbons (Fsp3) is 0.739. The Morgan fingerprint density at radius 1 is 1.07 bits per heavy atom. The molecule has 29 heavy (non-hydrogen) atoms. The Balaban J connectivity index is 1.45. The van der Waals surface area contributed by atoms with Crippen LogP contribution >= 0.6 is 0 Å². The van der Waals surface area contributed by atoms with Crippen molar-refractivity contribution < 1.29 is 13.2 Å². The van der Waals surface area contributed by atoms with E-state index in [9.17, 15) is 13.2 Å². The fourth-order valence-corrected chi connectivity index (χ4v) is 4.93. The molecular formula is C23H36F3N3. The molecule has 1 aromatic rings. The van der Waals surface area contributed by atoms with Gasteiger partial charge in [-0.15, -0.1) is 0 Å². The molecule has 0 aliphatic carbocycles. The second kappa shape index (κ2) is 10.3. The summed E-state index contributed by atoms with van der Waals surface area (Å²) in [6.45, 7) is 9.91. The molecule has 6 heteroatoms. The molecule has 2 heterocycles. The number of nitrogens with zero attached hydrogens (tertiary/aromatic N) is 3. The van der Waals surface area contributed by atoms with Gasteiger partial charge in [0.1, 0.15) is 0 Å². The van der Waals surface area contributed by atoms with E-state index in [-0.39, 0.29) is 0 Å². The van der Waals surface area contributed by atoms with Gasteiger partial charge >= 0.3 is 6.18 Å². The number of hydrogen-bond donors (Lipinski definition) is 0. The maximum absolute atomic E-state index is 12.9. The second-order valence-electron chi connectivity index (χ2n) is 8.86. The lowest BCUT2D eigenvalue weighted by Gasteiger charge is -2.40. The van der Waals surface area contributed by atoms with Gasteiger partial charge in [0.25, 0.3) is 0 Å². The lowest BCUT2D eigenvalue weighted by molar-refractivity contribution is -0.137. The number of hydrogen-bond acceptors (Lipinski definition) is 3. The summed E-state index contributed by atoms with van der Waals surface area (Å²) < 4.78 is 38.7. The monoisotopic (exact) mass is 411 g/mol. The quantitative estimate of drug-likeness (QED) is 0.659. The molecule has 2 saturated heterocycles. The van der Waals surface area contributed by atoms with E-state index in [4.69, 9.17) is 0 Å². The minimum Gasteiger partial charge on any atom is -0.303 e. The highest BCUT2D eigenvalue weighted by molar-refractivity contribution is 5.25. The molecule has 2 aliphatic heterocycles. The number of halogens is 3. The Kier molecular flexibility index (Phi) is 7.99. The lowest BCUT2D eigenvalue weighted by Crippen LogP contribution is -2.47. The van der Waals surface area contributed by atoms with Crippen LogP contribution in [-0.2, 0) is 12.6 Å². The molecule has 1 aromatic carbocycles. The predicted molar refractivity (Wildman–Crippen MR) is 112 cm³/mol. The smallest absolute Gasteiger partial charge is 0.303 e. The molecule has 0 saturated carbocycles. The van der Waals surface area contributed by atoms with Crippen LogP contribution < -0.4 is 0 Å². The van der Waals surface area contributed by atoms with E-state index >= 15 is 0 Å². The lowest BCUT2D eigenvalue weighted by atomic mass is 9.95. The highest BCUT2D eigenvalue weighted by Gasteiger charge is 2.30. The Labute approximate surface area is 173 Å². The van der Waals surface area contributed by atoms with Crippen LogP contribution in [0.15, 0.2) is 24.3 Å². The van der Waals surface area contributed by atoms with Crippen molar-refractivity contribution in [3.63, 3.8) is 0 Å². The Bertz CT molecular complexity index is 626. The zero-order chi connectivity index (χ0) is 20.9. The first-order valence-electron chi connectivity index (χ1n) is 11.2. The molecule has 164 valence electrons. The largest absolute Gasteiger partial charge is 0.416 e. The molecule has 1 unspecified atom stereocenters. The van der Waals surface area contributed by atoms with Crippen molar-refractivity contribution in [3.05, 3.63) is 35.4 Å². The fourth-order valence-electron chi connectivity index (χ4n) is 4.93. The van der Waals surface area contributed by atoms with Crippen molar-refractivity contribution in [1.29, 1.82) is 0 Å². The molecule has 2 aliphatic rings. The molecular weight excluding hydrogens is 375 g/mol. The molecule has 2 fully saturated rings. The van der Waals surface area contributed by atoms with Gasteiger partial charge < -0.3 is 14.7 Å². The van der Waals surface area contributed by atoms with E-state index in [0.29, 0.717) is 18.4 Å². The van der Waals surface area contributed by atoms with Gasteiger partial charge in [-0.25, -0.2) is 0 Å². The van der Waals surface area contributed by atoms with Crippen molar-refractivity contribution in [2.45, 2.75) is 51.2 Å². The van der Waals surface area contributed by atoms with Crippen molar-refractivity contribution in [2.75, 3.05) is 52.9 Å². The summed E-state index contributed by atoms with van der Waals surface area (Å²) in [5.41, 5.74) is 0.240. The molecule has 0 radical (unpaired) electrons. The minimum atomic E-state index is -4.26. The van der Waals surface area contributed by atoms with Gasteiger partial charge in [-0.2, -0.15) is 13.2 Å². The Morgan fingerprint density at radius 3 is 2.52 bits per heavy atom. The topological polar surface area (TPSA) is 9.72 Å². The summed E-state index contributed by atoms with van der Waals surface area (Å²) in [5.74, 6) is 0.666. The molecule has 0 bridgehead atoms. The van der Waals surface area contributed by atoms with Crippen LogP contribution in [0.25, 0.3) is 0 Å². The number of rotatable bonds is 7. The molecule has 0 spiro atoms. The third-order valence-electron chi connectivity index (χ3n) is 6.75. The molecule has 0 N–H and O–H groups in total. The van der Waals surface area contributed by atoms with Gasteiger partial charge in [-0.1, -0.05) is 25.1 Å². The summed E-state index contributed by atoms with van der Waals surface area (Å²) in [7, 11) is 2.27. The first kappa shape index (κ1) is 22.6. The van der Waals surface area contributed by atoms with E-state index in [2.05, 4.69) is 28.7 Å². The Morgan fingerprint density at radius 2 is 1.83 bits per heavy atom. The minimum absolute atomic E-state index is 0.540. The molecule has 3 rings (SSSR count). The Hall–Kier alpha value is -1.11. The molecule has 0 amide bonds. The van der Waals surface area contributed by atoms with Crippen LogP contribution in [0.2, 0.25) is 0 Å². The third-order valence-corrected chi connectivity index (χ3v) is 6.75. The van der Waals surface area contributed by atoms with Crippen molar-refractivity contribution >= 4 is 0 Å². The molecule has 0 aromatic heterocycles. The third kappa shape index (κ3) is 6.69. The van der Waals surface area contributed by atoms with E-state index in [1.165, 1.54) is 50.9 Å². The van der Waals surface area contributed by atoms with Gasteiger partial charge in [0, 0.05) is 25.7 Å². The molecule has 1 atom stereocenters. The summed E-state index contributed by atoms with van der Waals surface area (Å²) in [6.07, 6.45) is 1.40. The zero-order valence-electron chi connectivity index (χ0n) is 17.9. The van der Waals surface area contributed by atoms with Gasteiger partial charge in [0.05, 0.1) is 5.56 Å². The van der Waals surface area contributed by atoms with Gasteiger partial charge in [-0.05, 0) is 82.9 Å². The van der Waals surface area contributed by atoms with Crippen molar-refractivity contribution in [3.8, 4) is 0 Å². The van der Waals surface area contributed by atoms with E-state index < -0.39 is 11.7 Å². The van der Waals surface area contributed by atoms with Crippen LogP contribution in [0.4, 0.5) is 13.2 Å². The normalized spacial score (nSPS) is 23.0. The van der Waals surface area contributed by atoms with Gasteiger partial charge in [0.2, 0.25) is 0 Å². The first-order valence-corrected chi connectivity index (χ1v) is 11.2. The number of piperidine rings is 2. The van der Waals surface area contributed by atoms with E-state index in [0.717, 1.165) is 44.4 Å². The van der Waals surface area contributed by atoms with Crippen molar-refractivity contribution in [1.82, 2.24) is 14.7 Å². The standard InChI is InChI=1S/C23H36F3N3/c1-3-28-14-10-22(11-15-28)27(2)17-20-7-5-12-29(18-20)13-9-19-6-4-8-21(16-19)23(24,25)26/h4,6,8,16,20,22H,3,5,7,9-15,17-18H2,1-2H3. The summed E-state index contributed by atoms with van der Waals surface area (Å²) in [4.78, 5) is 7.54. The molecule has 3 nitrogen and oxygen atoms in total. The summed E-state index contributed by atoms with van der Waals surface area (Å²) in [6, 6.07) is 6.49. The predicted octanol–water partition coefficient (Wildman–Crippen LogP) is 4.38. The van der Waals surface area contributed by atoms with Crippen LogP contribution in [0, 0.1) is 5.92 Å². The number of likely N-dealkylation sites (tertiary alicyclic amines) is 2. The SMILES string of the molecule is CCN1CCC(N(C)CC2CCCN(CCc3cccc(C(F)(F)F)c3)C2)CC1. The van der Waals surface area contributed by atoms with Crippen LogP contribution in [0.5, 0.6) is 0 Å².